The molecule has 0 radical (unpaired) electrons. The van der Waals surface area contributed by atoms with Gasteiger partial charge in [0.15, 0.2) is 0 Å². The first-order valence-corrected chi connectivity index (χ1v) is 11.7. The molecule has 2 aromatic rings. The van der Waals surface area contributed by atoms with E-state index in [9.17, 15) is 4.79 Å². The molecule has 0 amide bonds. The smallest absolute Gasteiger partial charge is 0.306 e. The van der Waals surface area contributed by atoms with Crippen LogP contribution in [-0.2, 0) is 9.53 Å². The summed E-state index contributed by atoms with van der Waals surface area (Å²) in [4.78, 5) is 11.8. The number of allylic oxidation sites excluding steroid dienone is 2. The van der Waals surface area contributed by atoms with Crippen molar-refractivity contribution in [3.05, 3.63) is 83.3 Å². The van der Waals surface area contributed by atoms with Crippen molar-refractivity contribution in [2.24, 2.45) is 5.92 Å². The Hall–Kier alpha value is -2.92. The van der Waals surface area contributed by atoms with Gasteiger partial charge in [0, 0.05) is 23.3 Å². The third kappa shape index (κ3) is 5.65. The average molecular weight is 452 g/mol. The second kappa shape index (κ2) is 10.6. The normalized spacial score (nSPS) is 20.3. The second-order valence-corrected chi connectivity index (χ2v) is 8.77. The van der Waals surface area contributed by atoms with Crippen LogP contribution in [0.3, 0.4) is 0 Å². The van der Waals surface area contributed by atoms with E-state index >= 15 is 0 Å². The van der Waals surface area contributed by atoms with E-state index in [0.717, 1.165) is 42.9 Å². The van der Waals surface area contributed by atoms with Crippen LogP contribution in [0.5, 0.6) is 0 Å². The van der Waals surface area contributed by atoms with Crippen LogP contribution in [0, 0.1) is 5.92 Å². The van der Waals surface area contributed by atoms with Gasteiger partial charge in [0.1, 0.15) is 5.82 Å². The first-order valence-electron chi connectivity index (χ1n) is 11.3. The van der Waals surface area contributed by atoms with Crippen LogP contribution in [0.1, 0.15) is 50.5 Å². The van der Waals surface area contributed by atoms with Crippen LogP contribution in [0.15, 0.2) is 72.7 Å². The third-order valence-electron chi connectivity index (χ3n) is 6.12. The van der Waals surface area contributed by atoms with Crippen molar-refractivity contribution >= 4 is 28.9 Å². The van der Waals surface area contributed by atoms with Gasteiger partial charge >= 0.3 is 5.97 Å². The summed E-state index contributed by atoms with van der Waals surface area (Å²) >= 11 is 6.13. The average Bonchev–Trinajstić information content (AvgIpc) is 2.80. The topological polar surface area (TPSA) is 53.6 Å². The number of nitrogens with zero attached hydrogens (tertiary/aromatic N) is 1. The van der Waals surface area contributed by atoms with Crippen LogP contribution >= 0.6 is 11.6 Å². The lowest BCUT2D eigenvalue weighted by molar-refractivity contribution is -0.144. The maximum absolute atomic E-state index is 11.8. The highest BCUT2D eigenvalue weighted by Gasteiger charge is 2.25. The standard InChI is InChI=1S/C26H30ClN3O2/c1-2-32-26(31)17-19-8-10-20(11-9-19)21-12-14-24(15-13-21)30-25(7-4-16-28-30)29-23-6-3-5-22(27)18-23/h3-7,12-16,18-20,28-29H,2,8-11,17H2,1H3. The number of hydrogen-bond acceptors (Lipinski definition) is 5. The van der Waals surface area contributed by atoms with Crippen molar-refractivity contribution in [3.8, 4) is 0 Å². The third-order valence-corrected chi connectivity index (χ3v) is 6.36. The number of carbonyl (C=O) groups excluding carboxylic acids is 1. The fourth-order valence-electron chi connectivity index (χ4n) is 4.48. The van der Waals surface area contributed by atoms with E-state index in [1.54, 1.807) is 0 Å². The minimum absolute atomic E-state index is 0.0568. The highest BCUT2D eigenvalue weighted by Crippen LogP contribution is 2.38. The molecule has 1 fully saturated rings. The number of hydrogen-bond donors (Lipinski definition) is 2. The summed E-state index contributed by atoms with van der Waals surface area (Å²) in [7, 11) is 0. The Bertz CT molecular complexity index is 979. The summed E-state index contributed by atoms with van der Waals surface area (Å²) in [6.07, 6.45) is 10.9. The summed E-state index contributed by atoms with van der Waals surface area (Å²) in [6.45, 7) is 2.33. The van der Waals surface area contributed by atoms with Gasteiger partial charge < -0.3 is 10.1 Å². The number of esters is 1. The minimum atomic E-state index is -0.0568. The molecule has 0 unspecified atom stereocenters. The number of hydrazine groups is 1. The number of halogens is 1. The van der Waals surface area contributed by atoms with E-state index in [1.165, 1.54) is 5.56 Å². The summed E-state index contributed by atoms with van der Waals surface area (Å²) in [6, 6.07) is 16.4. The zero-order chi connectivity index (χ0) is 22.3. The molecule has 2 aromatic carbocycles. The maximum Gasteiger partial charge on any atom is 0.306 e. The molecule has 0 spiro atoms. The van der Waals surface area contributed by atoms with Crippen LogP contribution < -0.4 is 15.8 Å². The molecule has 1 aliphatic heterocycles. The summed E-state index contributed by atoms with van der Waals surface area (Å²) in [5, 5.41) is 6.14. The van der Waals surface area contributed by atoms with E-state index in [1.807, 2.05) is 54.6 Å². The van der Waals surface area contributed by atoms with E-state index in [0.29, 0.717) is 29.9 Å². The molecule has 6 heteroatoms. The van der Waals surface area contributed by atoms with E-state index in [2.05, 4.69) is 35.0 Å². The number of benzene rings is 2. The maximum atomic E-state index is 11.8. The van der Waals surface area contributed by atoms with Gasteiger partial charge in [-0.25, -0.2) is 5.01 Å². The molecule has 0 saturated heterocycles. The summed E-state index contributed by atoms with van der Waals surface area (Å²) in [5.74, 6) is 1.87. The zero-order valence-corrected chi connectivity index (χ0v) is 19.1. The molecule has 1 heterocycles. The number of anilines is 2. The largest absolute Gasteiger partial charge is 0.466 e. The Labute approximate surface area is 195 Å². The van der Waals surface area contributed by atoms with E-state index < -0.39 is 0 Å². The molecule has 0 bridgehead atoms. The van der Waals surface area contributed by atoms with Gasteiger partial charge in [-0.2, -0.15) is 0 Å². The van der Waals surface area contributed by atoms with Gasteiger partial charge in [0.05, 0.1) is 12.3 Å². The molecule has 168 valence electrons. The monoisotopic (exact) mass is 451 g/mol. The Balaban J connectivity index is 1.37. The van der Waals surface area contributed by atoms with Crippen LogP contribution in [0.4, 0.5) is 11.4 Å². The number of carbonyl (C=O) groups is 1. The molecule has 1 aliphatic carbocycles. The van der Waals surface area contributed by atoms with E-state index in [4.69, 9.17) is 16.3 Å². The Morgan fingerprint density at radius 1 is 1.16 bits per heavy atom. The molecule has 0 aromatic heterocycles. The van der Waals surface area contributed by atoms with Crippen molar-refractivity contribution < 1.29 is 9.53 Å². The lowest BCUT2D eigenvalue weighted by Crippen LogP contribution is -2.38. The first kappa shape index (κ1) is 22.3. The van der Waals surface area contributed by atoms with E-state index in [-0.39, 0.29) is 5.97 Å². The van der Waals surface area contributed by atoms with Gasteiger partial charge in [0.25, 0.3) is 0 Å². The number of rotatable bonds is 7. The molecule has 2 aliphatic rings. The Kier molecular flexibility index (Phi) is 7.38. The lowest BCUT2D eigenvalue weighted by atomic mass is 9.77. The SMILES string of the molecule is CCOC(=O)CC1CCC(c2ccc(N3NC=CC=C3Nc3cccc(Cl)c3)cc2)CC1. The molecule has 2 N–H and O–H groups in total. The van der Waals surface area contributed by atoms with Crippen LogP contribution in [0.25, 0.3) is 0 Å². The lowest BCUT2D eigenvalue weighted by Gasteiger charge is -2.31. The molecule has 5 nitrogen and oxygen atoms in total. The Morgan fingerprint density at radius 2 is 1.94 bits per heavy atom. The summed E-state index contributed by atoms with van der Waals surface area (Å²) < 4.78 is 5.11. The molecule has 0 atom stereocenters. The predicted molar refractivity (Wildman–Crippen MR) is 130 cm³/mol. The van der Waals surface area contributed by atoms with Gasteiger partial charge in [-0.1, -0.05) is 29.8 Å². The minimum Gasteiger partial charge on any atom is -0.466 e. The molecular formula is C26H30ClN3O2. The fraction of sp³-hybridized carbons (Fsp3) is 0.346. The first-order chi connectivity index (χ1) is 15.6. The van der Waals surface area contributed by atoms with Crippen molar-refractivity contribution in [2.45, 2.75) is 44.9 Å². The van der Waals surface area contributed by atoms with Gasteiger partial charge in [-0.3, -0.25) is 10.2 Å². The molecule has 1 saturated carbocycles. The van der Waals surface area contributed by atoms with Gasteiger partial charge in [-0.15, -0.1) is 0 Å². The van der Waals surface area contributed by atoms with Crippen molar-refractivity contribution in [2.75, 3.05) is 16.9 Å². The molecule has 4 rings (SSSR count). The zero-order valence-electron chi connectivity index (χ0n) is 18.4. The molecule has 32 heavy (non-hydrogen) atoms. The molecular weight excluding hydrogens is 422 g/mol. The van der Waals surface area contributed by atoms with Crippen LogP contribution in [-0.4, -0.2) is 12.6 Å². The Morgan fingerprint density at radius 3 is 2.66 bits per heavy atom. The highest BCUT2D eigenvalue weighted by molar-refractivity contribution is 6.30. The predicted octanol–water partition coefficient (Wildman–Crippen LogP) is 6.36. The quantitative estimate of drug-likeness (QED) is 0.480. The van der Waals surface area contributed by atoms with Gasteiger partial charge in [-0.05, 0) is 92.5 Å². The number of ether oxygens (including phenoxy) is 1. The van der Waals surface area contributed by atoms with Crippen molar-refractivity contribution in [1.82, 2.24) is 5.43 Å². The number of nitrogens with one attached hydrogen (secondary N) is 2. The van der Waals surface area contributed by atoms with Crippen molar-refractivity contribution in [1.29, 1.82) is 0 Å². The highest BCUT2D eigenvalue weighted by atomic mass is 35.5. The van der Waals surface area contributed by atoms with Crippen LogP contribution in [0.2, 0.25) is 5.02 Å². The summed E-state index contributed by atoms with van der Waals surface area (Å²) in [5.41, 5.74) is 6.65. The van der Waals surface area contributed by atoms with Crippen molar-refractivity contribution in [3.63, 3.8) is 0 Å². The van der Waals surface area contributed by atoms with Gasteiger partial charge in [0.2, 0.25) is 0 Å². The second-order valence-electron chi connectivity index (χ2n) is 8.33. The fourth-order valence-corrected chi connectivity index (χ4v) is 4.67.